The summed E-state index contributed by atoms with van der Waals surface area (Å²) in [5.41, 5.74) is 5.41. The number of ether oxygens (including phenoxy) is 3. The Balaban J connectivity index is 1.19. The van der Waals surface area contributed by atoms with Gasteiger partial charge in [0.2, 0.25) is 0 Å². The molecule has 0 amide bonds. The van der Waals surface area contributed by atoms with Crippen LogP contribution in [0.4, 0.5) is 0 Å². The van der Waals surface area contributed by atoms with Crippen LogP contribution in [0.3, 0.4) is 0 Å². The van der Waals surface area contributed by atoms with Gasteiger partial charge in [-0.25, -0.2) is 0 Å². The molecule has 0 N–H and O–H groups in total. The van der Waals surface area contributed by atoms with Gasteiger partial charge in [-0.2, -0.15) is 0 Å². The highest BCUT2D eigenvalue weighted by Crippen LogP contribution is 2.68. The fourth-order valence-corrected chi connectivity index (χ4v) is 8.41. The molecule has 34 heavy (non-hydrogen) atoms. The van der Waals surface area contributed by atoms with E-state index in [9.17, 15) is 0 Å². The summed E-state index contributed by atoms with van der Waals surface area (Å²) < 4.78 is 19.7. The van der Waals surface area contributed by atoms with E-state index in [1.54, 1.807) is 0 Å². The topological polar surface area (TPSA) is 40.6 Å². The SMILES string of the molecule is C[C@]12CC=C3C=C4CCC5(CC46CC[C@]3(O6)[C@@H]1CC=C2c1ccc2ccncc2c1)OCCO5. The number of pyridine rings is 1. The Kier molecular flexibility index (Phi) is 3.81. The Morgan fingerprint density at radius 1 is 1.00 bits per heavy atom. The molecule has 3 spiro atoms. The quantitative estimate of drug-likeness (QED) is 0.521. The third kappa shape index (κ3) is 2.42. The van der Waals surface area contributed by atoms with Crippen LogP contribution < -0.4 is 0 Å². The summed E-state index contributed by atoms with van der Waals surface area (Å²) in [5.74, 6) is 0.0281. The van der Waals surface area contributed by atoms with Gasteiger partial charge in [-0.05, 0) is 71.9 Å². The van der Waals surface area contributed by atoms with Crippen LogP contribution in [0.25, 0.3) is 16.3 Å². The van der Waals surface area contributed by atoms with Crippen molar-refractivity contribution in [2.45, 2.75) is 68.9 Å². The van der Waals surface area contributed by atoms with Crippen LogP contribution in [0.2, 0.25) is 0 Å². The van der Waals surface area contributed by atoms with Gasteiger partial charge in [0.1, 0.15) is 0 Å². The van der Waals surface area contributed by atoms with Gasteiger partial charge in [-0.15, -0.1) is 0 Å². The molecular weight excluding hydrogens is 422 g/mol. The van der Waals surface area contributed by atoms with Crippen molar-refractivity contribution in [1.82, 2.24) is 4.98 Å². The van der Waals surface area contributed by atoms with Gasteiger partial charge in [-0.1, -0.05) is 37.3 Å². The first-order chi connectivity index (χ1) is 16.5. The van der Waals surface area contributed by atoms with E-state index in [2.05, 4.69) is 54.4 Å². The van der Waals surface area contributed by atoms with Crippen molar-refractivity contribution in [3.8, 4) is 0 Å². The number of benzene rings is 1. The normalized spacial score (nSPS) is 39.3. The molecule has 4 heterocycles. The molecule has 6 aliphatic rings. The summed E-state index contributed by atoms with van der Waals surface area (Å²) in [6.45, 7) is 3.90. The Hall–Kier alpha value is -2.27. The third-order valence-corrected chi connectivity index (χ3v) is 10.0. The van der Waals surface area contributed by atoms with Crippen LogP contribution in [0, 0.1) is 11.3 Å². The molecule has 2 saturated heterocycles. The minimum Gasteiger partial charge on any atom is -0.359 e. The van der Waals surface area contributed by atoms with Crippen molar-refractivity contribution >= 4 is 16.3 Å². The van der Waals surface area contributed by atoms with Crippen LogP contribution >= 0.6 is 0 Å². The van der Waals surface area contributed by atoms with Crippen molar-refractivity contribution in [3.05, 3.63) is 71.6 Å². The summed E-state index contributed by atoms with van der Waals surface area (Å²) in [7, 11) is 0. The van der Waals surface area contributed by atoms with Crippen molar-refractivity contribution < 1.29 is 14.2 Å². The second kappa shape index (κ2) is 6.48. The van der Waals surface area contributed by atoms with Gasteiger partial charge in [0, 0.05) is 42.0 Å². The van der Waals surface area contributed by atoms with Crippen molar-refractivity contribution in [1.29, 1.82) is 0 Å². The van der Waals surface area contributed by atoms with Crippen LogP contribution in [0.5, 0.6) is 0 Å². The van der Waals surface area contributed by atoms with Gasteiger partial charge in [0.15, 0.2) is 5.79 Å². The van der Waals surface area contributed by atoms with Crippen LogP contribution in [-0.4, -0.2) is 35.2 Å². The lowest BCUT2D eigenvalue weighted by Gasteiger charge is -2.54. The molecule has 3 aliphatic carbocycles. The Morgan fingerprint density at radius 2 is 1.91 bits per heavy atom. The maximum Gasteiger partial charge on any atom is 0.171 e. The molecule has 1 aromatic heterocycles. The zero-order valence-corrected chi connectivity index (χ0v) is 19.8. The number of rotatable bonds is 1. The van der Waals surface area contributed by atoms with E-state index in [1.165, 1.54) is 33.1 Å². The first-order valence-electron chi connectivity index (χ1n) is 13.0. The molecule has 2 bridgehead atoms. The monoisotopic (exact) mass is 453 g/mol. The number of hydrogen-bond donors (Lipinski definition) is 0. The Morgan fingerprint density at radius 3 is 2.82 bits per heavy atom. The van der Waals surface area contributed by atoms with Crippen LogP contribution in [0.1, 0.15) is 57.4 Å². The lowest BCUT2D eigenvalue weighted by molar-refractivity contribution is -0.225. The van der Waals surface area contributed by atoms with Gasteiger partial charge in [0.05, 0.1) is 24.4 Å². The molecule has 4 heteroatoms. The van der Waals surface area contributed by atoms with Crippen molar-refractivity contribution in [2.24, 2.45) is 11.3 Å². The zero-order chi connectivity index (χ0) is 22.6. The summed E-state index contributed by atoms with van der Waals surface area (Å²) in [4.78, 5) is 4.36. The summed E-state index contributed by atoms with van der Waals surface area (Å²) in [5, 5.41) is 2.46. The molecule has 1 aromatic carbocycles. The Labute approximate surface area is 200 Å². The molecule has 3 aliphatic heterocycles. The maximum absolute atomic E-state index is 7.36. The highest BCUT2D eigenvalue weighted by molar-refractivity contribution is 5.87. The van der Waals surface area contributed by atoms with Gasteiger partial charge < -0.3 is 14.2 Å². The smallest absolute Gasteiger partial charge is 0.171 e. The minimum absolute atomic E-state index is 0.0724. The number of hydrogen-bond acceptors (Lipinski definition) is 4. The van der Waals surface area contributed by atoms with E-state index >= 15 is 0 Å². The average molecular weight is 454 g/mol. The van der Waals surface area contributed by atoms with E-state index in [-0.39, 0.29) is 16.6 Å². The largest absolute Gasteiger partial charge is 0.359 e. The number of nitrogens with zero attached hydrogens (tertiary/aromatic N) is 1. The first-order valence-corrected chi connectivity index (χ1v) is 13.0. The first kappa shape index (κ1) is 20.0. The molecule has 4 atom stereocenters. The van der Waals surface area contributed by atoms with Gasteiger partial charge in [0.25, 0.3) is 0 Å². The Bertz CT molecular complexity index is 1320. The second-order valence-electron chi connectivity index (χ2n) is 11.6. The van der Waals surface area contributed by atoms with E-state index in [4.69, 9.17) is 14.2 Å². The minimum atomic E-state index is -0.430. The predicted octanol–water partition coefficient (Wildman–Crippen LogP) is 6.13. The summed E-state index contributed by atoms with van der Waals surface area (Å²) >= 11 is 0. The molecule has 0 radical (unpaired) electrons. The molecule has 1 saturated carbocycles. The highest BCUT2D eigenvalue weighted by atomic mass is 16.7. The number of fused-ring (bicyclic) bond motifs is 2. The molecule has 174 valence electrons. The fourth-order valence-electron chi connectivity index (χ4n) is 8.41. The average Bonchev–Trinajstić information content (AvgIpc) is 3.53. The van der Waals surface area contributed by atoms with Crippen LogP contribution in [0.15, 0.2) is 66.0 Å². The van der Waals surface area contributed by atoms with Crippen LogP contribution in [-0.2, 0) is 14.2 Å². The maximum atomic E-state index is 7.36. The van der Waals surface area contributed by atoms with E-state index < -0.39 is 5.79 Å². The number of allylic oxidation sites excluding steroid dienone is 3. The van der Waals surface area contributed by atoms with Crippen molar-refractivity contribution in [2.75, 3.05) is 13.2 Å². The third-order valence-electron chi connectivity index (χ3n) is 10.0. The molecule has 1 unspecified atom stereocenters. The second-order valence-corrected chi connectivity index (χ2v) is 11.6. The zero-order valence-electron chi connectivity index (χ0n) is 19.8. The molecule has 8 rings (SSSR count). The molecule has 2 aromatic rings. The highest BCUT2D eigenvalue weighted by Gasteiger charge is 2.67. The van der Waals surface area contributed by atoms with E-state index in [1.807, 2.05) is 12.4 Å². The fraction of sp³-hybridized carbons (Fsp3) is 0.500. The number of aromatic nitrogens is 1. The lowest BCUT2D eigenvalue weighted by atomic mass is 9.58. The molecular formula is C30H31NO3. The lowest BCUT2D eigenvalue weighted by Crippen LogP contribution is -2.56. The van der Waals surface area contributed by atoms with Gasteiger partial charge >= 0.3 is 0 Å². The van der Waals surface area contributed by atoms with E-state index in [0.717, 1.165) is 44.9 Å². The predicted molar refractivity (Wildman–Crippen MR) is 131 cm³/mol. The van der Waals surface area contributed by atoms with E-state index in [0.29, 0.717) is 19.1 Å². The summed E-state index contributed by atoms with van der Waals surface area (Å²) in [6, 6.07) is 8.96. The molecule has 4 nitrogen and oxygen atoms in total. The molecule has 3 fully saturated rings. The van der Waals surface area contributed by atoms with Crippen molar-refractivity contribution in [3.63, 3.8) is 0 Å². The summed E-state index contributed by atoms with van der Waals surface area (Å²) in [6.07, 6.45) is 18.5. The standard InChI is InChI=1S/C30H31NO3/c1-27-9-6-24-17-23-7-10-29(32-14-15-33-29)19-28(23)11-12-30(24,34-28)26(27)5-4-25(27)21-3-2-20-8-13-31-18-22(20)16-21/h2-4,6,8,13,16-18,26H,5,7,9-12,14-15,19H2,1H3/t26-,27-,28?,30-/m1/s1. The van der Waals surface area contributed by atoms with Gasteiger partial charge in [-0.3, -0.25) is 4.98 Å².